The monoisotopic (exact) mass is 326 g/mol. The molecule has 6 heteroatoms. The average Bonchev–Trinajstić information content (AvgIpc) is 2.65. The van der Waals surface area contributed by atoms with Crippen molar-refractivity contribution in [3.63, 3.8) is 0 Å². The van der Waals surface area contributed by atoms with Crippen LogP contribution in [0.4, 0.5) is 0 Å². The number of hydrogen-bond acceptors (Lipinski definition) is 5. The number of ether oxygens (including phenoxy) is 3. The van der Waals surface area contributed by atoms with Crippen molar-refractivity contribution < 1.29 is 19.0 Å². The van der Waals surface area contributed by atoms with Crippen LogP contribution in [0, 0.1) is 0 Å². The molecule has 24 heavy (non-hydrogen) atoms. The Kier molecular flexibility index (Phi) is 4.65. The minimum Gasteiger partial charge on any atom is -0.496 e. The number of hydrazone groups is 1. The lowest BCUT2D eigenvalue weighted by molar-refractivity contribution is -0.130. The summed E-state index contributed by atoms with van der Waals surface area (Å²) < 4.78 is 16.5. The molecule has 2 aromatic rings. The Hall–Kier alpha value is -3.02. The first-order valence-electron chi connectivity index (χ1n) is 7.55. The van der Waals surface area contributed by atoms with E-state index in [2.05, 4.69) is 10.5 Å². The van der Waals surface area contributed by atoms with Gasteiger partial charge in [-0.1, -0.05) is 24.3 Å². The van der Waals surface area contributed by atoms with Gasteiger partial charge in [-0.3, -0.25) is 4.79 Å². The third-order valence-corrected chi connectivity index (χ3v) is 3.63. The summed E-state index contributed by atoms with van der Waals surface area (Å²) >= 11 is 0. The van der Waals surface area contributed by atoms with Crippen LogP contribution in [0.1, 0.15) is 12.5 Å². The van der Waals surface area contributed by atoms with Crippen molar-refractivity contribution in [3.05, 3.63) is 54.1 Å². The largest absolute Gasteiger partial charge is 0.496 e. The van der Waals surface area contributed by atoms with E-state index >= 15 is 0 Å². The molecule has 0 spiro atoms. The molecule has 1 N–H and O–H groups in total. The predicted octanol–water partition coefficient (Wildman–Crippen LogP) is 2.38. The number of fused-ring (bicyclic) bond motifs is 1. The molecule has 3 rings (SSSR count). The number of rotatable bonds is 4. The number of carbonyl (C=O) groups is 1. The molecule has 1 heterocycles. The van der Waals surface area contributed by atoms with E-state index in [1.165, 1.54) is 0 Å². The van der Waals surface area contributed by atoms with Gasteiger partial charge >= 0.3 is 0 Å². The quantitative estimate of drug-likeness (QED) is 0.692. The van der Waals surface area contributed by atoms with Gasteiger partial charge < -0.3 is 14.2 Å². The van der Waals surface area contributed by atoms with Gasteiger partial charge in [-0.25, -0.2) is 5.43 Å². The van der Waals surface area contributed by atoms with Crippen molar-refractivity contribution in [1.29, 1.82) is 0 Å². The van der Waals surface area contributed by atoms with Crippen LogP contribution in [-0.4, -0.2) is 31.4 Å². The van der Waals surface area contributed by atoms with Crippen molar-refractivity contribution in [1.82, 2.24) is 5.43 Å². The number of hydrogen-bond donors (Lipinski definition) is 1. The molecular formula is C18H18N2O4. The topological polar surface area (TPSA) is 69.2 Å². The van der Waals surface area contributed by atoms with Crippen molar-refractivity contribution in [2.24, 2.45) is 5.10 Å². The average molecular weight is 326 g/mol. The molecule has 1 amide bonds. The van der Waals surface area contributed by atoms with Gasteiger partial charge in [-0.2, -0.15) is 5.10 Å². The Bertz CT molecular complexity index is 773. The number of benzene rings is 2. The Morgan fingerprint density at radius 1 is 1.17 bits per heavy atom. The molecule has 0 aliphatic carbocycles. The van der Waals surface area contributed by atoms with Gasteiger partial charge in [0.1, 0.15) is 12.4 Å². The van der Waals surface area contributed by atoms with Crippen LogP contribution in [0.15, 0.2) is 53.6 Å². The summed E-state index contributed by atoms with van der Waals surface area (Å²) in [6.45, 7) is 1.94. The lowest BCUT2D eigenvalue weighted by Crippen LogP contribution is -2.42. The van der Waals surface area contributed by atoms with Crippen molar-refractivity contribution >= 4 is 11.6 Å². The van der Waals surface area contributed by atoms with Crippen molar-refractivity contribution in [2.75, 3.05) is 13.7 Å². The molecule has 0 saturated heterocycles. The summed E-state index contributed by atoms with van der Waals surface area (Å²) in [6.07, 6.45) is -0.742. The number of nitrogens with one attached hydrogen (secondary N) is 1. The second-order valence-electron chi connectivity index (χ2n) is 5.24. The maximum absolute atomic E-state index is 12.2. The highest BCUT2D eigenvalue weighted by atomic mass is 16.6. The Balaban J connectivity index is 1.67. The predicted molar refractivity (Wildman–Crippen MR) is 89.7 cm³/mol. The van der Waals surface area contributed by atoms with Crippen LogP contribution in [0.3, 0.4) is 0 Å². The van der Waals surface area contributed by atoms with E-state index in [1.807, 2.05) is 36.4 Å². The van der Waals surface area contributed by atoms with E-state index in [0.29, 0.717) is 23.0 Å². The smallest absolute Gasteiger partial charge is 0.284 e. The highest BCUT2D eigenvalue weighted by Gasteiger charge is 2.27. The summed E-state index contributed by atoms with van der Waals surface area (Å²) in [4.78, 5) is 12.2. The first kappa shape index (κ1) is 15.9. The molecule has 0 saturated carbocycles. The van der Waals surface area contributed by atoms with E-state index in [-0.39, 0.29) is 12.5 Å². The van der Waals surface area contributed by atoms with Gasteiger partial charge in [-0.15, -0.1) is 0 Å². The van der Waals surface area contributed by atoms with E-state index in [9.17, 15) is 4.79 Å². The fourth-order valence-corrected chi connectivity index (χ4v) is 2.36. The zero-order chi connectivity index (χ0) is 16.9. The van der Waals surface area contributed by atoms with Crippen molar-refractivity contribution in [3.8, 4) is 17.2 Å². The molecule has 124 valence electrons. The van der Waals surface area contributed by atoms with Gasteiger partial charge in [0.2, 0.25) is 6.10 Å². The van der Waals surface area contributed by atoms with Crippen LogP contribution in [0.5, 0.6) is 17.2 Å². The molecule has 0 radical (unpaired) electrons. The Morgan fingerprint density at radius 2 is 1.88 bits per heavy atom. The van der Waals surface area contributed by atoms with Crippen LogP contribution in [-0.2, 0) is 4.79 Å². The molecule has 1 aliphatic heterocycles. The SMILES string of the molecule is COc1ccccc1/C(C)=N\NC(=O)[C@@H]1COc2ccccc2O1. The summed E-state index contributed by atoms with van der Waals surface area (Å²) in [6, 6.07) is 14.7. The fourth-order valence-electron chi connectivity index (χ4n) is 2.36. The van der Waals surface area contributed by atoms with Crippen LogP contribution in [0.2, 0.25) is 0 Å². The van der Waals surface area contributed by atoms with Gasteiger partial charge in [0.25, 0.3) is 5.91 Å². The first-order chi connectivity index (χ1) is 11.7. The zero-order valence-corrected chi connectivity index (χ0v) is 13.5. The first-order valence-corrected chi connectivity index (χ1v) is 7.55. The van der Waals surface area contributed by atoms with Crippen LogP contribution in [0.25, 0.3) is 0 Å². The van der Waals surface area contributed by atoms with Crippen molar-refractivity contribution in [2.45, 2.75) is 13.0 Å². The van der Waals surface area contributed by atoms with Crippen LogP contribution >= 0.6 is 0 Å². The number of amides is 1. The third kappa shape index (κ3) is 3.32. The molecule has 0 bridgehead atoms. The highest BCUT2D eigenvalue weighted by molar-refractivity contribution is 6.01. The molecule has 2 aromatic carbocycles. The second-order valence-corrected chi connectivity index (χ2v) is 5.24. The Labute approximate surface area is 140 Å². The number of methoxy groups -OCH3 is 1. The molecule has 1 aliphatic rings. The fraction of sp³-hybridized carbons (Fsp3) is 0.222. The maximum atomic E-state index is 12.2. The Morgan fingerprint density at radius 3 is 2.67 bits per heavy atom. The lowest BCUT2D eigenvalue weighted by atomic mass is 10.1. The minimum atomic E-state index is -0.742. The lowest BCUT2D eigenvalue weighted by Gasteiger charge is -2.24. The molecule has 0 aromatic heterocycles. The molecule has 0 unspecified atom stereocenters. The molecule has 0 fully saturated rings. The molecule has 1 atom stereocenters. The van der Waals surface area contributed by atoms with Gasteiger partial charge in [-0.05, 0) is 31.2 Å². The molecule has 6 nitrogen and oxygen atoms in total. The van der Waals surface area contributed by atoms with Gasteiger partial charge in [0.05, 0.1) is 12.8 Å². The second kappa shape index (κ2) is 7.04. The standard InChI is InChI=1S/C18H18N2O4/c1-12(13-7-3-4-8-14(13)22-2)19-20-18(21)17-11-23-15-9-5-6-10-16(15)24-17/h3-10,17H,11H2,1-2H3,(H,20,21)/b19-12-/t17-/m0/s1. The normalized spacial score (nSPS) is 16.4. The van der Waals surface area contributed by atoms with E-state index < -0.39 is 6.10 Å². The summed E-state index contributed by atoms with van der Waals surface area (Å²) in [5.41, 5.74) is 3.97. The van der Waals surface area contributed by atoms with Crippen LogP contribution < -0.4 is 19.6 Å². The number of nitrogens with zero attached hydrogens (tertiary/aromatic N) is 1. The highest BCUT2D eigenvalue weighted by Crippen LogP contribution is 2.30. The van der Waals surface area contributed by atoms with Gasteiger partial charge in [0, 0.05) is 5.56 Å². The molecular weight excluding hydrogens is 308 g/mol. The van der Waals surface area contributed by atoms with E-state index in [1.54, 1.807) is 26.2 Å². The van der Waals surface area contributed by atoms with E-state index in [4.69, 9.17) is 14.2 Å². The number of para-hydroxylation sites is 3. The van der Waals surface area contributed by atoms with E-state index in [0.717, 1.165) is 5.56 Å². The summed E-state index contributed by atoms with van der Waals surface area (Å²) in [7, 11) is 1.59. The summed E-state index contributed by atoms with van der Waals surface area (Å²) in [5, 5.41) is 4.14. The maximum Gasteiger partial charge on any atom is 0.284 e. The minimum absolute atomic E-state index is 0.145. The summed E-state index contributed by atoms with van der Waals surface area (Å²) in [5.74, 6) is 1.52. The third-order valence-electron chi connectivity index (χ3n) is 3.63. The number of carbonyl (C=O) groups excluding carboxylic acids is 1. The zero-order valence-electron chi connectivity index (χ0n) is 13.5. The van der Waals surface area contributed by atoms with Gasteiger partial charge in [0.15, 0.2) is 11.5 Å².